The van der Waals surface area contributed by atoms with Gasteiger partial charge in [-0.1, -0.05) is 0 Å². The van der Waals surface area contributed by atoms with E-state index in [1.165, 1.54) is 0 Å². The minimum atomic E-state index is 0.520. The van der Waals surface area contributed by atoms with E-state index in [2.05, 4.69) is 20.9 Å². The average molecular weight is 217 g/mol. The highest BCUT2D eigenvalue weighted by Gasteiger charge is 2.15. The summed E-state index contributed by atoms with van der Waals surface area (Å²) < 4.78 is 0. The molecule has 1 aromatic heterocycles. The fourth-order valence-electron chi connectivity index (χ4n) is 1.20. The zero-order valence-corrected chi connectivity index (χ0v) is 8.42. The van der Waals surface area contributed by atoms with Crippen molar-refractivity contribution in [2.75, 3.05) is 0 Å². The van der Waals surface area contributed by atoms with Crippen molar-refractivity contribution in [2.24, 2.45) is 5.22 Å². The number of nitrogens with zero attached hydrogens (tertiary/aromatic N) is 2. The monoisotopic (exact) mass is 217 g/mol. The molecule has 16 heavy (non-hydrogen) atoms. The van der Waals surface area contributed by atoms with Crippen LogP contribution < -0.4 is 10.7 Å². The van der Waals surface area contributed by atoms with Gasteiger partial charge in [0.05, 0.1) is 17.0 Å². The second kappa shape index (κ2) is 4.83. The van der Waals surface area contributed by atoms with Gasteiger partial charge in [0.1, 0.15) is 6.20 Å². The van der Waals surface area contributed by atoms with Crippen LogP contribution in [0.4, 0.5) is 0 Å². The van der Waals surface area contributed by atoms with E-state index in [0.29, 0.717) is 10.6 Å². The molecule has 0 bridgehead atoms. The molecular weight excluding hydrogens is 206 g/mol. The fraction of sp³-hybridized carbons (Fsp3) is 0. The summed E-state index contributed by atoms with van der Waals surface area (Å²) >= 11 is 0. The Morgan fingerprint density at radius 1 is 1.19 bits per heavy atom. The number of hydrogen-bond acceptors (Lipinski definition) is 4. The zero-order valence-electron chi connectivity index (χ0n) is 8.42. The maximum absolute atomic E-state index is 10.9. The van der Waals surface area contributed by atoms with Gasteiger partial charge in [0, 0.05) is 18.6 Å². The van der Waals surface area contributed by atoms with E-state index in [4.69, 9.17) is 0 Å². The van der Waals surface area contributed by atoms with E-state index >= 15 is 0 Å². The number of aromatic amines is 1. The Labute approximate surface area is 92.2 Å². The normalized spacial score (nSPS) is 16.4. The first kappa shape index (κ1) is 10.0. The summed E-state index contributed by atoms with van der Waals surface area (Å²) in [6.45, 7) is 0. The van der Waals surface area contributed by atoms with Crippen LogP contribution in [-0.2, 0) is 0 Å². The lowest BCUT2D eigenvalue weighted by Gasteiger charge is -2.15. The van der Waals surface area contributed by atoms with E-state index in [1.807, 2.05) is 24.5 Å². The third kappa shape index (κ3) is 2.30. The SMILES string of the molecule is [O-][N+]1=NNC=C2C=CNC=C21.c1cc[nH]c1. The summed E-state index contributed by atoms with van der Waals surface area (Å²) in [6, 6.07) is 3.89. The Bertz CT molecular complexity index is 438. The van der Waals surface area contributed by atoms with Crippen LogP contribution in [0.25, 0.3) is 0 Å². The molecule has 0 fully saturated rings. The minimum Gasteiger partial charge on any atom is -0.691 e. The quantitative estimate of drug-likeness (QED) is 0.453. The van der Waals surface area contributed by atoms with Crippen LogP contribution in [0.1, 0.15) is 0 Å². The van der Waals surface area contributed by atoms with Crippen LogP contribution in [0, 0.1) is 5.21 Å². The van der Waals surface area contributed by atoms with Crippen LogP contribution in [0.15, 0.2) is 65.7 Å². The molecule has 0 amide bonds. The molecule has 6 heteroatoms. The molecule has 1 aromatic rings. The van der Waals surface area contributed by atoms with E-state index in [9.17, 15) is 5.21 Å². The highest BCUT2D eigenvalue weighted by atomic mass is 16.5. The Morgan fingerprint density at radius 2 is 2.00 bits per heavy atom. The van der Waals surface area contributed by atoms with E-state index < -0.39 is 0 Å². The van der Waals surface area contributed by atoms with Crippen LogP contribution in [0.2, 0.25) is 0 Å². The number of dihydropyridines is 1. The molecule has 2 aliphatic heterocycles. The molecule has 0 aromatic carbocycles. The lowest BCUT2D eigenvalue weighted by molar-refractivity contribution is -0.482. The van der Waals surface area contributed by atoms with Gasteiger partial charge in [-0.25, -0.2) is 0 Å². The van der Waals surface area contributed by atoms with Crippen molar-refractivity contribution < 1.29 is 4.86 Å². The predicted octanol–water partition coefficient (Wildman–Crippen LogP) is 1.32. The van der Waals surface area contributed by atoms with Crippen LogP contribution >= 0.6 is 0 Å². The maximum atomic E-state index is 10.9. The molecule has 0 saturated carbocycles. The third-order valence-corrected chi connectivity index (χ3v) is 1.95. The lowest BCUT2D eigenvalue weighted by Crippen LogP contribution is -2.18. The highest BCUT2D eigenvalue weighted by molar-refractivity contribution is 5.37. The minimum absolute atomic E-state index is 0.520. The lowest BCUT2D eigenvalue weighted by atomic mass is 10.2. The fourth-order valence-corrected chi connectivity index (χ4v) is 1.20. The number of fused-ring (bicyclic) bond motifs is 1. The number of aromatic nitrogens is 1. The van der Waals surface area contributed by atoms with Crippen LogP contribution in [0.3, 0.4) is 0 Å². The number of allylic oxidation sites excluding steroid dienone is 1. The van der Waals surface area contributed by atoms with Crippen molar-refractivity contribution in [1.29, 1.82) is 0 Å². The first-order valence-electron chi connectivity index (χ1n) is 4.72. The maximum Gasteiger partial charge on any atom is 0.180 e. The number of H-pyrrole nitrogens is 1. The van der Waals surface area contributed by atoms with E-state index in [0.717, 1.165) is 5.57 Å². The molecule has 0 spiro atoms. The highest BCUT2D eigenvalue weighted by Crippen LogP contribution is 2.16. The molecule has 2 aliphatic rings. The molecule has 6 nitrogen and oxygen atoms in total. The van der Waals surface area contributed by atoms with Gasteiger partial charge in [0.2, 0.25) is 0 Å². The number of rotatable bonds is 0. The van der Waals surface area contributed by atoms with Crippen LogP contribution in [-0.4, -0.2) is 9.84 Å². The number of hydroxylamine groups is 1. The van der Waals surface area contributed by atoms with Crippen molar-refractivity contribution in [3.05, 3.63) is 65.7 Å². The first-order valence-corrected chi connectivity index (χ1v) is 4.72. The van der Waals surface area contributed by atoms with Gasteiger partial charge < -0.3 is 15.5 Å². The van der Waals surface area contributed by atoms with Gasteiger partial charge in [0.25, 0.3) is 0 Å². The Kier molecular flexibility index (Phi) is 3.03. The summed E-state index contributed by atoms with van der Waals surface area (Å²) in [5.74, 6) is 0. The van der Waals surface area contributed by atoms with Gasteiger partial charge >= 0.3 is 0 Å². The Balaban J connectivity index is 0.000000162. The second-order valence-corrected chi connectivity index (χ2v) is 3.02. The Morgan fingerprint density at radius 3 is 2.62 bits per heavy atom. The summed E-state index contributed by atoms with van der Waals surface area (Å²) in [5.41, 5.74) is 3.84. The standard InChI is InChI=1S/C6H6N4O.C4H5N/c11-10-6-4-7-2-1-5(6)3-8-9-10;1-2-4-5-3-1/h1-4,7-8H;1-5H. The predicted molar refractivity (Wildman–Crippen MR) is 58.4 cm³/mol. The summed E-state index contributed by atoms with van der Waals surface area (Å²) in [7, 11) is 0. The Hall–Kier alpha value is -2.50. The van der Waals surface area contributed by atoms with E-state index in [1.54, 1.807) is 24.7 Å². The summed E-state index contributed by atoms with van der Waals surface area (Å²) in [4.78, 5) is 3.39. The average Bonchev–Trinajstić information content (AvgIpc) is 2.88. The molecule has 3 rings (SSSR count). The van der Waals surface area contributed by atoms with Gasteiger partial charge in [-0.05, 0) is 18.2 Å². The molecule has 0 saturated heterocycles. The molecule has 3 heterocycles. The molecule has 0 atom stereocenters. The van der Waals surface area contributed by atoms with Gasteiger partial charge in [0.15, 0.2) is 5.70 Å². The number of hydrogen-bond donors (Lipinski definition) is 3. The summed E-state index contributed by atoms with van der Waals surface area (Å²) in [5, 5.41) is 17.2. The molecule has 82 valence electrons. The van der Waals surface area contributed by atoms with Crippen molar-refractivity contribution in [3.63, 3.8) is 0 Å². The van der Waals surface area contributed by atoms with Gasteiger partial charge in [-0.15, -0.1) is 4.86 Å². The molecule has 0 radical (unpaired) electrons. The topological polar surface area (TPSA) is 78.3 Å². The third-order valence-electron chi connectivity index (χ3n) is 1.95. The molecule has 3 N–H and O–H groups in total. The van der Waals surface area contributed by atoms with Gasteiger partial charge in [-0.2, -0.15) is 5.43 Å². The van der Waals surface area contributed by atoms with E-state index in [-0.39, 0.29) is 0 Å². The van der Waals surface area contributed by atoms with Crippen molar-refractivity contribution >= 4 is 0 Å². The number of nitrogens with one attached hydrogen (secondary N) is 3. The second-order valence-electron chi connectivity index (χ2n) is 3.02. The zero-order chi connectivity index (χ0) is 11.2. The van der Waals surface area contributed by atoms with Crippen molar-refractivity contribution in [2.45, 2.75) is 0 Å². The van der Waals surface area contributed by atoms with Crippen molar-refractivity contribution in [3.8, 4) is 0 Å². The van der Waals surface area contributed by atoms with Crippen molar-refractivity contribution in [1.82, 2.24) is 15.7 Å². The first-order chi connectivity index (χ1) is 7.88. The largest absolute Gasteiger partial charge is 0.691 e. The van der Waals surface area contributed by atoms with Crippen LogP contribution in [0.5, 0.6) is 0 Å². The smallest absolute Gasteiger partial charge is 0.180 e. The molecular formula is C10H11N5O. The summed E-state index contributed by atoms with van der Waals surface area (Å²) in [6.07, 6.45) is 10.6. The van der Waals surface area contributed by atoms with Gasteiger partial charge in [-0.3, -0.25) is 0 Å². The molecule has 0 unspecified atom stereocenters. The molecule has 0 aliphatic carbocycles.